The average Bonchev–Trinajstić information content (AvgIpc) is 2.65. The lowest BCUT2D eigenvalue weighted by atomic mass is 9.81. The van der Waals surface area contributed by atoms with Crippen LogP contribution in [0.25, 0.3) is 0 Å². The molecule has 2 unspecified atom stereocenters. The third-order valence-corrected chi connectivity index (χ3v) is 5.43. The molecule has 3 fully saturated rings. The van der Waals surface area contributed by atoms with E-state index in [2.05, 4.69) is 10.6 Å². The summed E-state index contributed by atoms with van der Waals surface area (Å²) in [6.07, 6.45) is 6.69. The van der Waals surface area contributed by atoms with E-state index in [1.54, 1.807) is 0 Å². The molecule has 0 aromatic carbocycles. The SMILES string of the molecule is CC1(C)OC(=O)C(=CNCC2CCCC(CNC=C3C(=O)OC(C)(C)OC3=O)C2)C(=O)O1. The summed E-state index contributed by atoms with van der Waals surface area (Å²) in [5, 5.41) is 6.08. The number of esters is 4. The van der Waals surface area contributed by atoms with Gasteiger partial charge in [0.2, 0.25) is 0 Å². The van der Waals surface area contributed by atoms with Gasteiger partial charge in [0.05, 0.1) is 0 Å². The van der Waals surface area contributed by atoms with Crippen molar-refractivity contribution < 1.29 is 38.1 Å². The molecule has 2 N–H and O–H groups in total. The first kappa shape index (κ1) is 23.6. The summed E-state index contributed by atoms with van der Waals surface area (Å²) >= 11 is 0. The number of cyclic esters (lactones) is 4. The van der Waals surface area contributed by atoms with E-state index in [1.807, 2.05) is 0 Å². The Kier molecular flexibility index (Phi) is 6.80. The quantitative estimate of drug-likeness (QED) is 0.348. The van der Waals surface area contributed by atoms with Crippen molar-refractivity contribution in [2.24, 2.45) is 11.8 Å². The van der Waals surface area contributed by atoms with Crippen LogP contribution in [0.15, 0.2) is 23.5 Å². The maximum Gasteiger partial charge on any atom is 0.350 e. The second kappa shape index (κ2) is 9.22. The fourth-order valence-corrected chi connectivity index (χ4v) is 3.99. The molecule has 0 amide bonds. The van der Waals surface area contributed by atoms with E-state index in [1.165, 1.54) is 40.1 Å². The molecule has 2 saturated heterocycles. The fraction of sp³-hybridized carbons (Fsp3) is 0.636. The van der Waals surface area contributed by atoms with Crippen molar-refractivity contribution in [3.63, 3.8) is 0 Å². The van der Waals surface area contributed by atoms with Gasteiger partial charge in [0.15, 0.2) is 11.1 Å². The summed E-state index contributed by atoms with van der Waals surface area (Å²) in [4.78, 5) is 47.9. The van der Waals surface area contributed by atoms with Gasteiger partial charge in [-0.05, 0) is 31.1 Å². The number of hydrogen-bond acceptors (Lipinski definition) is 10. The molecule has 2 heterocycles. The molecule has 2 atom stereocenters. The van der Waals surface area contributed by atoms with Crippen molar-refractivity contribution in [3.8, 4) is 0 Å². The zero-order valence-electron chi connectivity index (χ0n) is 18.8. The van der Waals surface area contributed by atoms with Gasteiger partial charge in [-0.3, -0.25) is 0 Å². The molecule has 0 aromatic rings. The van der Waals surface area contributed by atoms with Crippen LogP contribution in [0.1, 0.15) is 53.4 Å². The third kappa shape index (κ3) is 6.02. The Morgan fingerprint density at radius 1 is 0.719 bits per heavy atom. The maximum absolute atomic E-state index is 12.0. The number of rotatable bonds is 6. The molecule has 0 radical (unpaired) electrons. The number of nitrogens with one attached hydrogen (secondary N) is 2. The largest absolute Gasteiger partial charge is 0.419 e. The van der Waals surface area contributed by atoms with Gasteiger partial charge in [0, 0.05) is 53.2 Å². The monoisotopic (exact) mass is 450 g/mol. The second-order valence-corrected chi connectivity index (χ2v) is 9.19. The standard InChI is InChI=1S/C22H30N2O8/c1-21(2)29-17(25)15(18(26)30-21)11-23-9-13-6-5-7-14(8-13)10-24-12-16-19(27)31-22(3,4)32-20(16)28/h11-14,23-24H,5-10H2,1-4H3. The highest BCUT2D eigenvalue weighted by Gasteiger charge is 2.40. The molecule has 3 rings (SSSR count). The summed E-state index contributed by atoms with van der Waals surface area (Å²) in [5.41, 5.74) is -0.307. The maximum atomic E-state index is 12.0. The van der Waals surface area contributed by atoms with Gasteiger partial charge in [-0.25, -0.2) is 19.2 Å². The molecule has 0 spiro atoms. The van der Waals surface area contributed by atoms with Crippen molar-refractivity contribution in [2.45, 2.75) is 65.0 Å². The Balaban J connectivity index is 1.46. The second-order valence-electron chi connectivity index (χ2n) is 9.19. The van der Waals surface area contributed by atoms with E-state index >= 15 is 0 Å². The van der Waals surface area contributed by atoms with Gasteiger partial charge < -0.3 is 29.6 Å². The highest BCUT2D eigenvalue weighted by molar-refractivity contribution is 6.15. The highest BCUT2D eigenvalue weighted by Crippen LogP contribution is 2.29. The summed E-state index contributed by atoms with van der Waals surface area (Å²) in [7, 11) is 0. The van der Waals surface area contributed by atoms with Crippen LogP contribution in [0.3, 0.4) is 0 Å². The molecular weight excluding hydrogens is 420 g/mol. The molecule has 0 bridgehead atoms. The number of carbonyl (C=O) groups excluding carboxylic acids is 4. The lowest BCUT2D eigenvalue weighted by Crippen LogP contribution is -2.42. The Bertz CT molecular complexity index is 746. The van der Waals surface area contributed by atoms with E-state index in [9.17, 15) is 19.2 Å². The predicted octanol–water partition coefficient (Wildman–Crippen LogP) is 1.41. The molecule has 10 heteroatoms. The van der Waals surface area contributed by atoms with Gasteiger partial charge in [0.25, 0.3) is 11.6 Å². The van der Waals surface area contributed by atoms with Crippen molar-refractivity contribution in [1.29, 1.82) is 0 Å². The van der Waals surface area contributed by atoms with Crippen molar-refractivity contribution in [2.75, 3.05) is 13.1 Å². The van der Waals surface area contributed by atoms with Crippen LogP contribution in [0.4, 0.5) is 0 Å². The Morgan fingerprint density at radius 2 is 1.06 bits per heavy atom. The van der Waals surface area contributed by atoms with Crippen LogP contribution >= 0.6 is 0 Å². The summed E-state index contributed by atoms with van der Waals surface area (Å²) in [6, 6.07) is 0. The smallest absolute Gasteiger partial charge is 0.350 e. The van der Waals surface area contributed by atoms with Crippen LogP contribution in [-0.4, -0.2) is 48.5 Å². The van der Waals surface area contributed by atoms with Crippen LogP contribution in [0.5, 0.6) is 0 Å². The van der Waals surface area contributed by atoms with E-state index in [0.29, 0.717) is 24.9 Å². The normalized spacial score (nSPS) is 26.9. The first-order valence-corrected chi connectivity index (χ1v) is 10.8. The van der Waals surface area contributed by atoms with Gasteiger partial charge in [-0.2, -0.15) is 0 Å². The Labute approximate surface area is 186 Å². The third-order valence-electron chi connectivity index (χ3n) is 5.43. The van der Waals surface area contributed by atoms with Gasteiger partial charge in [0.1, 0.15) is 0 Å². The molecule has 0 aromatic heterocycles. The van der Waals surface area contributed by atoms with E-state index in [4.69, 9.17) is 18.9 Å². The molecule has 176 valence electrons. The number of carbonyl (C=O) groups is 4. The van der Waals surface area contributed by atoms with Crippen molar-refractivity contribution >= 4 is 23.9 Å². The predicted molar refractivity (Wildman–Crippen MR) is 110 cm³/mol. The van der Waals surface area contributed by atoms with Crippen LogP contribution in [0.2, 0.25) is 0 Å². The zero-order chi connectivity index (χ0) is 23.5. The van der Waals surface area contributed by atoms with E-state index in [0.717, 1.165) is 25.7 Å². The zero-order valence-corrected chi connectivity index (χ0v) is 18.8. The molecule has 2 aliphatic heterocycles. The highest BCUT2D eigenvalue weighted by atomic mass is 16.7. The van der Waals surface area contributed by atoms with Crippen molar-refractivity contribution in [3.05, 3.63) is 23.5 Å². The topological polar surface area (TPSA) is 129 Å². The summed E-state index contributed by atoms with van der Waals surface area (Å²) in [5.74, 6) is -4.66. The van der Waals surface area contributed by atoms with Crippen LogP contribution in [-0.2, 0) is 38.1 Å². The van der Waals surface area contributed by atoms with Crippen LogP contribution < -0.4 is 10.6 Å². The first-order valence-electron chi connectivity index (χ1n) is 10.8. The summed E-state index contributed by atoms with van der Waals surface area (Å²) < 4.78 is 20.3. The molecule has 1 saturated carbocycles. The molecule has 1 aliphatic carbocycles. The number of hydrogen-bond donors (Lipinski definition) is 2. The van der Waals surface area contributed by atoms with E-state index in [-0.39, 0.29) is 11.1 Å². The minimum absolute atomic E-state index is 0.153. The molecule has 3 aliphatic rings. The van der Waals surface area contributed by atoms with Gasteiger partial charge in [-0.1, -0.05) is 6.42 Å². The summed E-state index contributed by atoms with van der Waals surface area (Å²) in [6.45, 7) is 7.19. The van der Waals surface area contributed by atoms with Crippen molar-refractivity contribution in [1.82, 2.24) is 10.6 Å². The molecule has 10 nitrogen and oxygen atoms in total. The number of ether oxygens (including phenoxy) is 4. The Hall–Kier alpha value is -3.04. The van der Waals surface area contributed by atoms with Gasteiger partial charge >= 0.3 is 23.9 Å². The van der Waals surface area contributed by atoms with Crippen LogP contribution in [0, 0.1) is 11.8 Å². The minimum atomic E-state index is -1.26. The lowest BCUT2D eigenvalue weighted by molar-refractivity contribution is -0.224. The average molecular weight is 450 g/mol. The Morgan fingerprint density at radius 3 is 1.41 bits per heavy atom. The van der Waals surface area contributed by atoms with Gasteiger partial charge in [-0.15, -0.1) is 0 Å². The van der Waals surface area contributed by atoms with E-state index < -0.39 is 35.5 Å². The fourth-order valence-electron chi connectivity index (χ4n) is 3.99. The minimum Gasteiger partial charge on any atom is -0.419 e. The lowest BCUT2D eigenvalue weighted by Gasteiger charge is -2.31. The first-order chi connectivity index (χ1) is 15.0. The molecular formula is C22H30N2O8. The molecule has 32 heavy (non-hydrogen) atoms.